The van der Waals surface area contributed by atoms with Gasteiger partial charge >= 0.3 is 0 Å². The van der Waals surface area contributed by atoms with Gasteiger partial charge < -0.3 is 19.5 Å². The Morgan fingerprint density at radius 1 is 1.10 bits per heavy atom. The van der Waals surface area contributed by atoms with Crippen molar-refractivity contribution in [2.45, 2.75) is 44.7 Å². The second-order valence-electron chi connectivity index (χ2n) is 8.18. The van der Waals surface area contributed by atoms with Gasteiger partial charge in [-0.1, -0.05) is 5.16 Å². The lowest BCUT2D eigenvalue weighted by Crippen LogP contribution is -2.48. The fourth-order valence-corrected chi connectivity index (χ4v) is 4.41. The summed E-state index contributed by atoms with van der Waals surface area (Å²) in [4.78, 5) is 11.5. The van der Waals surface area contributed by atoms with Gasteiger partial charge in [0.05, 0.1) is 17.7 Å². The third kappa shape index (κ3) is 4.02. The highest BCUT2D eigenvalue weighted by molar-refractivity contribution is 5.88. The molecule has 5 rings (SSSR count). The summed E-state index contributed by atoms with van der Waals surface area (Å²) < 4.78 is 24.6. The van der Waals surface area contributed by atoms with Gasteiger partial charge in [-0.05, 0) is 43.9 Å². The molecule has 2 aromatic heterocycles. The standard InChI is InChI=1S/C22H26FN5O2/c1-14-24-21(27-30-14)19-11-15-4-5-16(23)12-20(15)26-22(19)28-8-6-17(7-9-28)25-18-3-2-10-29-13-18/h4-5,11-12,17-18,25H,2-3,6-10,13H2,1H3/t18-/m0/s1. The smallest absolute Gasteiger partial charge is 0.223 e. The van der Waals surface area contributed by atoms with E-state index in [1.54, 1.807) is 13.0 Å². The first kappa shape index (κ1) is 19.4. The number of aryl methyl sites for hydroxylation is 1. The first-order valence-corrected chi connectivity index (χ1v) is 10.7. The fraction of sp³-hybridized carbons (Fsp3) is 0.500. The molecule has 1 N–H and O–H groups in total. The summed E-state index contributed by atoms with van der Waals surface area (Å²) in [7, 11) is 0. The van der Waals surface area contributed by atoms with Crippen molar-refractivity contribution in [3.8, 4) is 11.4 Å². The third-order valence-corrected chi connectivity index (χ3v) is 5.95. The predicted molar refractivity (Wildman–Crippen MR) is 112 cm³/mol. The quantitative estimate of drug-likeness (QED) is 0.704. The number of anilines is 1. The lowest BCUT2D eigenvalue weighted by Gasteiger charge is -2.36. The van der Waals surface area contributed by atoms with Gasteiger partial charge in [0.15, 0.2) is 0 Å². The summed E-state index contributed by atoms with van der Waals surface area (Å²) >= 11 is 0. The molecule has 0 bridgehead atoms. The van der Waals surface area contributed by atoms with Crippen LogP contribution in [0.15, 0.2) is 28.8 Å². The number of halogens is 1. The number of hydrogen-bond donors (Lipinski definition) is 1. The number of hydrogen-bond acceptors (Lipinski definition) is 7. The molecule has 3 aromatic rings. The van der Waals surface area contributed by atoms with Gasteiger partial charge in [0.25, 0.3) is 0 Å². The minimum Gasteiger partial charge on any atom is -0.380 e. The van der Waals surface area contributed by atoms with Crippen molar-refractivity contribution in [3.05, 3.63) is 36.0 Å². The summed E-state index contributed by atoms with van der Waals surface area (Å²) in [6, 6.07) is 7.56. The maximum atomic E-state index is 13.8. The molecule has 0 unspecified atom stereocenters. The number of pyridine rings is 1. The number of fused-ring (bicyclic) bond motifs is 1. The Morgan fingerprint density at radius 3 is 2.70 bits per heavy atom. The van der Waals surface area contributed by atoms with Crippen LogP contribution in [0.4, 0.5) is 10.2 Å². The van der Waals surface area contributed by atoms with Gasteiger partial charge in [0.2, 0.25) is 11.7 Å². The van der Waals surface area contributed by atoms with Crippen LogP contribution in [-0.4, -0.2) is 53.5 Å². The number of nitrogens with zero attached hydrogens (tertiary/aromatic N) is 4. The number of nitrogens with one attached hydrogen (secondary N) is 1. The minimum absolute atomic E-state index is 0.290. The Labute approximate surface area is 174 Å². The van der Waals surface area contributed by atoms with Crippen LogP contribution in [-0.2, 0) is 4.74 Å². The third-order valence-electron chi connectivity index (χ3n) is 5.95. The van der Waals surface area contributed by atoms with E-state index in [4.69, 9.17) is 14.2 Å². The second-order valence-corrected chi connectivity index (χ2v) is 8.18. The fourth-order valence-electron chi connectivity index (χ4n) is 4.41. The topological polar surface area (TPSA) is 76.3 Å². The van der Waals surface area contributed by atoms with Crippen molar-refractivity contribution in [3.63, 3.8) is 0 Å². The Kier molecular flexibility index (Phi) is 5.35. The molecule has 0 saturated carbocycles. The van der Waals surface area contributed by atoms with Crippen molar-refractivity contribution < 1.29 is 13.7 Å². The van der Waals surface area contributed by atoms with Crippen molar-refractivity contribution in [2.24, 2.45) is 0 Å². The molecule has 1 atom stereocenters. The molecule has 30 heavy (non-hydrogen) atoms. The normalized spacial score (nSPS) is 20.7. The SMILES string of the molecule is Cc1nc(-c2cc3ccc(F)cc3nc2N2CCC(N[C@H]3CCCOC3)CC2)no1. The van der Waals surface area contributed by atoms with Crippen LogP contribution < -0.4 is 10.2 Å². The van der Waals surface area contributed by atoms with E-state index in [1.807, 2.05) is 6.07 Å². The second kappa shape index (κ2) is 8.28. The van der Waals surface area contributed by atoms with E-state index in [0.29, 0.717) is 29.3 Å². The van der Waals surface area contributed by atoms with E-state index in [0.717, 1.165) is 62.3 Å². The molecule has 2 fully saturated rings. The average Bonchev–Trinajstić information content (AvgIpc) is 3.20. The van der Waals surface area contributed by atoms with Gasteiger partial charge in [-0.25, -0.2) is 9.37 Å². The lowest BCUT2D eigenvalue weighted by molar-refractivity contribution is 0.0650. The molecule has 4 heterocycles. The van der Waals surface area contributed by atoms with Crippen LogP contribution >= 0.6 is 0 Å². The Balaban J connectivity index is 1.40. The van der Waals surface area contributed by atoms with Crippen molar-refractivity contribution in [1.82, 2.24) is 20.4 Å². The van der Waals surface area contributed by atoms with E-state index < -0.39 is 0 Å². The van der Waals surface area contributed by atoms with E-state index in [1.165, 1.54) is 18.6 Å². The number of benzene rings is 1. The highest BCUT2D eigenvalue weighted by atomic mass is 19.1. The minimum atomic E-state index is -0.290. The molecule has 1 aromatic carbocycles. The Bertz CT molecular complexity index is 1030. The highest BCUT2D eigenvalue weighted by Gasteiger charge is 2.26. The molecule has 0 aliphatic carbocycles. The highest BCUT2D eigenvalue weighted by Crippen LogP contribution is 2.33. The summed E-state index contributed by atoms with van der Waals surface area (Å²) in [6.45, 7) is 5.18. The lowest BCUT2D eigenvalue weighted by atomic mass is 10.0. The van der Waals surface area contributed by atoms with Gasteiger partial charge in [0.1, 0.15) is 11.6 Å². The van der Waals surface area contributed by atoms with Crippen LogP contribution in [0.2, 0.25) is 0 Å². The maximum Gasteiger partial charge on any atom is 0.223 e. The number of piperidine rings is 1. The molecule has 2 saturated heterocycles. The first-order chi connectivity index (χ1) is 14.7. The molecular formula is C22H26FN5O2. The van der Waals surface area contributed by atoms with Crippen LogP contribution in [0, 0.1) is 12.7 Å². The van der Waals surface area contributed by atoms with Crippen LogP contribution in [0.25, 0.3) is 22.3 Å². The summed E-state index contributed by atoms with van der Waals surface area (Å²) in [5, 5.41) is 8.71. The molecule has 158 valence electrons. The molecule has 0 radical (unpaired) electrons. The molecule has 7 nitrogen and oxygen atoms in total. The van der Waals surface area contributed by atoms with E-state index in [2.05, 4.69) is 20.4 Å². The zero-order chi connectivity index (χ0) is 20.5. The molecular weight excluding hydrogens is 385 g/mol. The molecule has 8 heteroatoms. The number of rotatable bonds is 4. The summed E-state index contributed by atoms with van der Waals surface area (Å²) in [6.07, 6.45) is 4.34. The van der Waals surface area contributed by atoms with Gasteiger partial charge in [0, 0.05) is 50.2 Å². The number of ether oxygens (including phenoxy) is 1. The van der Waals surface area contributed by atoms with E-state index >= 15 is 0 Å². The average molecular weight is 411 g/mol. The van der Waals surface area contributed by atoms with Crippen molar-refractivity contribution in [1.29, 1.82) is 0 Å². The summed E-state index contributed by atoms with van der Waals surface area (Å²) in [5.41, 5.74) is 1.45. The van der Waals surface area contributed by atoms with Crippen LogP contribution in [0.3, 0.4) is 0 Å². The monoisotopic (exact) mass is 411 g/mol. The Hall–Kier alpha value is -2.58. The largest absolute Gasteiger partial charge is 0.380 e. The van der Waals surface area contributed by atoms with E-state index in [-0.39, 0.29) is 5.82 Å². The van der Waals surface area contributed by atoms with Gasteiger partial charge in [-0.15, -0.1) is 0 Å². The first-order valence-electron chi connectivity index (χ1n) is 10.7. The van der Waals surface area contributed by atoms with Crippen molar-refractivity contribution in [2.75, 3.05) is 31.2 Å². The van der Waals surface area contributed by atoms with Gasteiger partial charge in [-0.2, -0.15) is 4.98 Å². The molecule has 0 amide bonds. The predicted octanol–water partition coefficient (Wildman–Crippen LogP) is 3.47. The Morgan fingerprint density at radius 2 is 1.97 bits per heavy atom. The van der Waals surface area contributed by atoms with Gasteiger partial charge in [-0.3, -0.25) is 0 Å². The van der Waals surface area contributed by atoms with E-state index in [9.17, 15) is 4.39 Å². The van der Waals surface area contributed by atoms with Crippen molar-refractivity contribution >= 4 is 16.7 Å². The zero-order valence-corrected chi connectivity index (χ0v) is 17.1. The molecule has 2 aliphatic rings. The maximum absolute atomic E-state index is 13.8. The summed E-state index contributed by atoms with van der Waals surface area (Å²) in [5.74, 6) is 1.52. The number of aromatic nitrogens is 3. The van der Waals surface area contributed by atoms with Crippen LogP contribution in [0.1, 0.15) is 31.6 Å². The molecule has 2 aliphatic heterocycles. The zero-order valence-electron chi connectivity index (χ0n) is 17.1. The van der Waals surface area contributed by atoms with Crippen LogP contribution in [0.5, 0.6) is 0 Å². The molecule has 0 spiro atoms.